The average Bonchev–Trinajstić information content (AvgIpc) is 3.12. The van der Waals surface area contributed by atoms with Crippen LogP contribution in [0.15, 0.2) is 4.52 Å². The van der Waals surface area contributed by atoms with Gasteiger partial charge in [0, 0.05) is 43.7 Å². The fraction of sp³-hybridized carbons (Fsp3) is 0.778. The van der Waals surface area contributed by atoms with Gasteiger partial charge in [-0.05, 0) is 26.2 Å². The number of likely N-dealkylation sites (tertiary alicyclic amines) is 1. The van der Waals surface area contributed by atoms with Crippen LogP contribution in [-0.4, -0.2) is 66.3 Å². The summed E-state index contributed by atoms with van der Waals surface area (Å²) in [6, 6.07) is 0.462. The van der Waals surface area contributed by atoms with E-state index in [-0.39, 0.29) is 11.8 Å². The molecule has 3 heterocycles. The molecule has 6 heteroatoms. The number of hydrogen-bond acceptors (Lipinski definition) is 5. The van der Waals surface area contributed by atoms with Crippen molar-refractivity contribution in [2.45, 2.75) is 40.2 Å². The van der Waals surface area contributed by atoms with E-state index in [1.54, 1.807) is 0 Å². The molecule has 0 N–H and O–H groups in total. The third-order valence-corrected chi connectivity index (χ3v) is 5.51. The largest absolute Gasteiger partial charge is 0.379 e. The minimum Gasteiger partial charge on any atom is -0.379 e. The molecular formula is C18H29N3O3. The van der Waals surface area contributed by atoms with Gasteiger partial charge in [0.15, 0.2) is 0 Å². The summed E-state index contributed by atoms with van der Waals surface area (Å²) in [5.74, 6) is 1.54. The van der Waals surface area contributed by atoms with Crippen molar-refractivity contribution in [1.29, 1.82) is 0 Å². The van der Waals surface area contributed by atoms with Crippen LogP contribution in [0.25, 0.3) is 0 Å². The fourth-order valence-electron chi connectivity index (χ4n) is 4.01. The Bertz CT molecular complexity index is 561. The second kappa shape index (κ2) is 7.23. The van der Waals surface area contributed by atoms with Crippen molar-refractivity contribution in [1.82, 2.24) is 15.0 Å². The van der Waals surface area contributed by atoms with Crippen LogP contribution in [0.3, 0.4) is 0 Å². The van der Waals surface area contributed by atoms with Gasteiger partial charge in [0.25, 0.3) is 0 Å². The molecule has 0 spiro atoms. The zero-order chi connectivity index (χ0) is 17.3. The van der Waals surface area contributed by atoms with E-state index in [1.807, 2.05) is 25.7 Å². The van der Waals surface area contributed by atoms with Crippen LogP contribution in [0.4, 0.5) is 0 Å². The molecule has 3 unspecified atom stereocenters. The van der Waals surface area contributed by atoms with Crippen molar-refractivity contribution >= 4 is 5.91 Å². The SMILES string of the molecule is Cc1noc(C)c1CC(C)C(=O)N1CC(C)C(N2CCOCC2)C1. The Balaban J connectivity index is 1.60. The third kappa shape index (κ3) is 3.49. The predicted molar refractivity (Wildman–Crippen MR) is 90.8 cm³/mol. The first-order valence-corrected chi connectivity index (χ1v) is 8.99. The van der Waals surface area contributed by atoms with Gasteiger partial charge in [-0.25, -0.2) is 0 Å². The molecule has 6 nitrogen and oxygen atoms in total. The van der Waals surface area contributed by atoms with Crippen LogP contribution in [0.2, 0.25) is 0 Å². The predicted octanol–water partition coefficient (Wildman–Crippen LogP) is 1.65. The Morgan fingerprint density at radius 2 is 2.00 bits per heavy atom. The summed E-state index contributed by atoms with van der Waals surface area (Å²) >= 11 is 0. The fourth-order valence-corrected chi connectivity index (χ4v) is 4.01. The van der Waals surface area contributed by atoms with Crippen LogP contribution in [0, 0.1) is 25.7 Å². The molecule has 0 aromatic carbocycles. The molecule has 0 saturated carbocycles. The van der Waals surface area contributed by atoms with Gasteiger partial charge in [0.2, 0.25) is 5.91 Å². The van der Waals surface area contributed by atoms with Gasteiger partial charge in [-0.3, -0.25) is 9.69 Å². The van der Waals surface area contributed by atoms with E-state index in [0.29, 0.717) is 18.4 Å². The second-order valence-corrected chi connectivity index (χ2v) is 7.34. The highest BCUT2D eigenvalue weighted by Gasteiger charge is 2.37. The van der Waals surface area contributed by atoms with Crippen molar-refractivity contribution in [2.24, 2.45) is 11.8 Å². The molecule has 0 bridgehead atoms. The van der Waals surface area contributed by atoms with E-state index >= 15 is 0 Å². The van der Waals surface area contributed by atoms with Gasteiger partial charge in [0.05, 0.1) is 18.9 Å². The summed E-state index contributed by atoms with van der Waals surface area (Å²) < 4.78 is 10.7. The number of carbonyl (C=O) groups is 1. The highest BCUT2D eigenvalue weighted by atomic mass is 16.5. The van der Waals surface area contributed by atoms with Gasteiger partial charge in [0.1, 0.15) is 5.76 Å². The molecule has 3 rings (SSSR count). The van der Waals surface area contributed by atoms with Crippen molar-refractivity contribution < 1.29 is 14.1 Å². The molecule has 1 amide bonds. The van der Waals surface area contributed by atoms with Crippen LogP contribution in [0.5, 0.6) is 0 Å². The zero-order valence-electron chi connectivity index (χ0n) is 15.2. The molecule has 2 saturated heterocycles. The molecule has 2 aliphatic rings. The molecule has 2 aliphatic heterocycles. The Labute approximate surface area is 144 Å². The van der Waals surface area contributed by atoms with Gasteiger partial charge in [-0.2, -0.15) is 0 Å². The third-order valence-electron chi connectivity index (χ3n) is 5.51. The molecular weight excluding hydrogens is 306 g/mol. The van der Waals surface area contributed by atoms with Gasteiger partial charge in [-0.15, -0.1) is 0 Å². The number of ether oxygens (including phenoxy) is 1. The highest BCUT2D eigenvalue weighted by Crippen LogP contribution is 2.25. The van der Waals surface area contributed by atoms with Gasteiger partial charge in [-0.1, -0.05) is 19.0 Å². The zero-order valence-corrected chi connectivity index (χ0v) is 15.2. The Hall–Kier alpha value is -1.40. The van der Waals surface area contributed by atoms with Crippen molar-refractivity contribution in [3.8, 4) is 0 Å². The summed E-state index contributed by atoms with van der Waals surface area (Å²) in [6.45, 7) is 13.4. The summed E-state index contributed by atoms with van der Waals surface area (Å²) in [5, 5.41) is 3.99. The molecule has 2 fully saturated rings. The molecule has 3 atom stereocenters. The normalized spacial score (nSPS) is 26.8. The van der Waals surface area contributed by atoms with Crippen molar-refractivity contribution in [3.63, 3.8) is 0 Å². The number of nitrogens with zero attached hydrogens (tertiary/aromatic N) is 3. The van der Waals surface area contributed by atoms with E-state index in [1.165, 1.54) is 0 Å². The van der Waals surface area contributed by atoms with Crippen molar-refractivity contribution in [3.05, 3.63) is 17.0 Å². The lowest BCUT2D eigenvalue weighted by Crippen LogP contribution is -2.47. The highest BCUT2D eigenvalue weighted by molar-refractivity contribution is 5.79. The minimum atomic E-state index is -0.0440. The summed E-state index contributed by atoms with van der Waals surface area (Å²) in [4.78, 5) is 17.4. The van der Waals surface area contributed by atoms with E-state index in [4.69, 9.17) is 9.26 Å². The number of aromatic nitrogens is 1. The molecule has 0 aliphatic carbocycles. The lowest BCUT2D eigenvalue weighted by atomic mass is 9.98. The molecule has 134 valence electrons. The Morgan fingerprint density at radius 3 is 2.62 bits per heavy atom. The van der Waals surface area contributed by atoms with Crippen LogP contribution >= 0.6 is 0 Å². The number of morpholine rings is 1. The summed E-state index contributed by atoms with van der Waals surface area (Å²) in [5.41, 5.74) is 1.97. The second-order valence-electron chi connectivity index (χ2n) is 7.34. The average molecular weight is 335 g/mol. The first-order chi connectivity index (χ1) is 11.5. The minimum absolute atomic E-state index is 0.0440. The molecule has 0 radical (unpaired) electrons. The van der Waals surface area contributed by atoms with Crippen molar-refractivity contribution in [2.75, 3.05) is 39.4 Å². The number of aryl methyl sites for hydroxylation is 2. The topological polar surface area (TPSA) is 58.8 Å². The number of carbonyl (C=O) groups excluding carboxylic acids is 1. The number of amides is 1. The first kappa shape index (κ1) is 17.4. The van der Waals surface area contributed by atoms with Gasteiger partial charge < -0.3 is 14.2 Å². The van der Waals surface area contributed by atoms with E-state index in [9.17, 15) is 4.79 Å². The lowest BCUT2D eigenvalue weighted by molar-refractivity contribution is -0.134. The van der Waals surface area contributed by atoms with E-state index in [2.05, 4.69) is 17.0 Å². The Morgan fingerprint density at radius 1 is 1.29 bits per heavy atom. The summed E-state index contributed by atoms with van der Waals surface area (Å²) in [6.07, 6.45) is 0.701. The van der Waals surface area contributed by atoms with Crippen LogP contribution in [0.1, 0.15) is 30.9 Å². The maximum Gasteiger partial charge on any atom is 0.225 e. The maximum absolute atomic E-state index is 12.9. The number of hydrogen-bond donors (Lipinski definition) is 0. The smallest absolute Gasteiger partial charge is 0.225 e. The molecule has 1 aromatic rings. The molecule has 24 heavy (non-hydrogen) atoms. The lowest BCUT2D eigenvalue weighted by Gasteiger charge is -2.34. The molecule has 1 aromatic heterocycles. The number of rotatable bonds is 4. The van der Waals surface area contributed by atoms with E-state index in [0.717, 1.165) is 56.4 Å². The maximum atomic E-state index is 12.9. The summed E-state index contributed by atoms with van der Waals surface area (Å²) in [7, 11) is 0. The monoisotopic (exact) mass is 335 g/mol. The standard InChI is InChI=1S/C18H29N3O3/c1-12(9-16-14(3)19-24-15(16)4)18(22)21-10-13(2)17(11-21)20-5-7-23-8-6-20/h12-13,17H,5-11H2,1-4H3. The first-order valence-electron chi connectivity index (χ1n) is 8.99. The quantitative estimate of drug-likeness (QED) is 0.837. The Kier molecular flexibility index (Phi) is 5.25. The van der Waals surface area contributed by atoms with Crippen LogP contribution < -0.4 is 0 Å². The van der Waals surface area contributed by atoms with Crippen LogP contribution in [-0.2, 0) is 16.0 Å². The van der Waals surface area contributed by atoms with E-state index < -0.39 is 0 Å². The van der Waals surface area contributed by atoms with Gasteiger partial charge >= 0.3 is 0 Å².